The predicted octanol–water partition coefficient (Wildman–Crippen LogP) is 6.17. The molecular weight excluding hydrogens is 393 g/mol. The summed E-state index contributed by atoms with van der Waals surface area (Å²) in [7, 11) is 0. The molecule has 0 aliphatic heterocycles. The van der Waals surface area contributed by atoms with Gasteiger partial charge in [-0.05, 0) is 51.9 Å². The highest BCUT2D eigenvalue weighted by atomic mass is 127. The summed E-state index contributed by atoms with van der Waals surface area (Å²) in [6, 6.07) is 27.5. The molecule has 110 valence electrons. The molecule has 0 aliphatic carbocycles. The van der Waals surface area contributed by atoms with Gasteiger partial charge in [0, 0.05) is 26.3 Å². The lowest BCUT2D eigenvalue weighted by molar-refractivity contribution is 1.40. The van der Waals surface area contributed by atoms with Crippen LogP contribution in [0.25, 0.3) is 33.2 Å². The van der Waals surface area contributed by atoms with Gasteiger partial charge >= 0.3 is 0 Å². The van der Waals surface area contributed by atoms with Crippen LogP contribution in [-0.4, -0.2) is 4.98 Å². The van der Waals surface area contributed by atoms with Gasteiger partial charge in [-0.1, -0.05) is 60.7 Å². The van der Waals surface area contributed by atoms with E-state index in [4.69, 9.17) is 0 Å². The van der Waals surface area contributed by atoms with E-state index < -0.39 is 0 Å². The Labute approximate surface area is 149 Å². The zero-order valence-electron chi connectivity index (χ0n) is 12.4. The van der Waals surface area contributed by atoms with Crippen LogP contribution in [0.1, 0.15) is 0 Å². The summed E-state index contributed by atoms with van der Waals surface area (Å²) in [6.45, 7) is 0. The third-order valence-electron chi connectivity index (χ3n) is 3.98. The summed E-state index contributed by atoms with van der Waals surface area (Å²) < 4.78 is 1.22. The quantitative estimate of drug-likeness (QED) is 0.362. The summed E-state index contributed by atoms with van der Waals surface area (Å²) in [5, 5.41) is 1.20. The Morgan fingerprint density at radius 3 is 2.04 bits per heavy atom. The fourth-order valence-electron chi connectivity index (χ4n) is 2.92. The van der Waals surface area contributed by atoms with E-state index in [1.54, 1.807) is 0 Å². The maximum Gasteiger partial charge on any atom is 0.0709 e. The lowest BCUT2D eigenvalue weighted by Gasteiger charge is -2.13. The second kappa shape index (κ2) is 6.13. The van der Waals surface area contributed by atoms with Crippen molar-refractivity contribution in [2.45, 2.75) is 0 Å². The van der Waals surface area contributed by atoms with Crippen LogP contribution in [0.4, 0.5) is 0 Å². The van der Waals surface area contributed by atoms with Crippen molar-refractivity contribution >= 4 is 33.5 Å². The third kappa shape index (κ3) is 2.75. The van der Waals surface area contributed by atoms with Gasteiger partial charge in [0.05, 0.1) is 5.52 Å². The van der Waals surface area contributed by atoms with E-state index in [0.717, 1.165) is 5.52 Å². The minimum Gasteiger partial charge on any atom is -0.256 e. The largest absolute Gasteiger partial charge is 0.256 e. The maximum atomic E-state index is 4.68. The molecule has 0 fully saturated rings. The van der Waals surface area contributed by atoms with Crippen molar-refractivity contribution in [2.24, 2.45) is 0 Å². The van der Waals surface area contributed by atoms with E-state index in [0.29, 0.717) is 0 Å². The maximum absolute atomic E-state index is 4.68. The Morgan fingerprint density at radius 2 is 1.35 bits per heavy atom. The number of fused-ring (bicyclic) bond motifs is 1. The molecule has 2 heteroatoms. The van der Waals surface area contributed by atoms with E-state index in [2.05, 4.69) is 100 Å². The molecule has 4 aromatic rings. The van der Waals surface area contributed by atoms with E-state index in [1.807, 2.05) is 12.3 Å². The monoisotopic (exact) mass is 407 g/mol. The Bertz CT molecular complexity index is 963. The first-order chi connectivity index (χ1) is 11.3. The molecule has 23 heavy (non-hydrogen) atoms. The smallest absolute Gasteiger partial charge is 0.0709 e. The van der Waals surface area contributed by atoms with Crippen LogP contribution in [0.3, 0.4) is 0 Å². The zero-order chi connectivity index (χ0) is 15.6. The Balaban J connectivity index is 2.11. The first-order valence-corrected chi connectivity index (χ1v) is 8.60. The number of aromatic nitrogens is 1. The van der Waals surface area contributed by atoms with Gasteiger partial charge in [-0.2, -0.15) is 0 Å². The van der Waals surface area contributed by atoms with Crippen molar-refractivity contribution in [3.63, 3.8) is 0 Å². The summed E-state index contributed by atoms with van der Waals surface area (Å²) in [5.41, 5.74) is 5.87. The van der Waals surface area contributed by atoms with Gasteiger partial charge in [0.15, 0.2) is 0 Å². The first kappa shape index (κ1) is 14.4. The minimum absolute atomic E-state index is 1.03. The highest BCUT2D eigenvalue weighted by Crippen LogP contribution is 2.37. The molecule has 1 heterocycles. The van der Waals surface area contributed by atoms with E-state index in [1.165, 1.54) is 31.2 Å². The topological polar surface area (TPSA) is 12.9 Å². The van der Waals surface area contributed by atoms with Crippen molar-refractivity contribution in [2.75, 3.05) is 0 Å². The molecule has 0 aliphatic rings. The third-order valence-corrected chi connectivity index (χ3v) is 4.65. The molecule has 0 radical (unpaired) electrons. The highest BCUT2D eigenvalue weighted by Gasteiger charge is 2.12. The van der Waals surface area contributed by atoms with Crippen LogP contribution in [0.15, 0.2) is 85.1 Å². The molecule has 3 aromatic carbocycles. The average molecular weight is 407 g/mol. The zero-order valence-corrected chi connectivity index (χ0v) is 14.6. The first-order valence-electron chi connectivity index (χ1n) is 7.52. The molecule has 0 unspecified atom stereocenters. The second-order valence-electron chi connectivity index (χ2n) is 5.44. The molecule has 0 N–H and O–H groups in total. The summed E-state index contributed by atoms with van der Waals surface area (Å²) in [6.07, 6.45) is 1.99. The minimum atomic E-state index is 1.03. The number of hydrogen-bond donors (Lipinski definition) is 0. The van der Waals surface area contributed by atoms with Crippen LogP contribution in [0, 0.1) is 3.57 Å². The summed E-state index contributed by atoms with van der Waals surface area (Å²) in [4.78, 5) is 4.68. The highest BCUT2D eigenvalue weighted by molar-refractivity contribution is 14.1. The van der Waals surface area contributed by atoms with Crippen molar-refractivity contribution in [1.82, 2.24) is 4.98 Å². The Hall–Kier alpha value is -2.20. The average Bonchev–Trinajstić information content (AvgIpc) is 2.62. The van der Waals surface area contributed by atoms with Crippen LogP contribution < -0.4 is 0 Å². The molecule has 0 atom stereocenters. The SMILES string of the molecule is Ic1ccc2ncc(-c3ccccc3)c(-c3ccccc3)c2c1. The molecule has 0 bridgehead atoms. The molecule has 1 nitrogen and oxygen atoms in total. The lowest BCUT2D eigenvalue weighted by Crippen LogP contribution is -1.91. The van der Waals surface area contributed by atoms with E-state index in [-0.39, 0.29) is 0 Å². The molecule has 1 aromatic heterocycles. The number of rotatable bonds is 2. The van der Waals surface area contributed by atoms with Gasteiger partial charge in [0.2, 0.25) is 0 Å². The van der Waals surface area contributed by atoms with Crippen molar-refractivity contribution in [3.05, 3.63) is 88.6 Å². The van der Waals surface area contributed by atoms with Gasteiger partial charge in [-0.25, -0.2) is 0 Å². The predicted molar refractivity (Wildman–Crippen MR) is 105 cm³/mol. The lowest BCUT2D eigenvalue weighted by atomic mass is 9.93. The Morgan fingerprint density at radius 1 is 0.696 bits per heavy atom. The number of hydrogen-bond acceptors (Lipinski definition) is 1. The van der Waals surface area contributed by atoms with Crippen molar-refractivity contribution in [3.8, 4) is 22.3 Å². The van der Waals surface area contributed by atoms with Gasteiger partial charge in [-0.15, -0.1) is 0 Å². The van der Waals surface area contributed by atoms with Gasteiger partial charge in [-0.3, -0.25) is 4.98 Å². The van der Waals surface area contributed by atoms with Crippen LogP contribution in [-0.2, 0) is 0 Å². The van der Waals surface area contributed by atoms with Crippen molar-refractivity contribution < 1.29 is 0 Å². The molecule has 4 rings (SSSR count). The summed E-state index contributed by atoms with van der Waals surface area (Å²) >= 11 is 2.36. The normalized spacial score (nSPS) is 10.8. The molecule has 0 saturated carbocycles. The van der Waals surface area contributed by atoms with Gasteiger partial charge < -0.3 is 0 Å². The number of pyridine rings is 1. The van der Waals surface area contributed by atoms with Gasteiger partial charge in [0.1, 0.15) is 0 Å². The van der Waals surface area contributed by atoms with Crippen LogP contribution in [0.2, 0.25) is 0 Å². The molecule has 0 spiro atoms. The van der Waals surface area contributed by atoms with Crippen molar-refractivity contribution in [1.29, 1.82) is 0 Å². The number of nitrogens with zero attached hydrogens (tertiary/aromatic N) is 1. The van der Waals surface area contributed by atoms with Crippen LogP contribution in [0.5, 0.6) is 0 Å². The fraction of sp³-hybridized carbons (Fsp3) is 0. The summed E-state index contributed by atoms with van der Waals surface area (Å²) in [5.74, 6) is 0. The van der Waals surface area contributed by atoms with Crippen LogP contribution >= 0.6 is 22.6 Å². The number of benzene rings is 3. The molecule has 0 amide bonds. The Kier molecular flexibility index (Phi) is 3.83. The number of halogens is 1. The second-order valence-corrected chi connectivity index (χ2v) is 6.69. The molecule has 0 saturated heterocycles. The van der Waals surface area contributed by atoms with Gasteiger partial charge in [0.25, 0.3) is 0 Å². The van der Waals surface area contributed by atoms with E-state index in [9.17, 15) is 0 Å². The van der Waals surface area contributed by atoms with E-state index >= 15 is 0 Å². The standard InChI is InChI=1S/C21H14IN/c22-17-11-12-20-18(13-17)21(16-9-5-2-6-10-16)19(14-23-20)15-7-3-1-4-8-15/h1-14H. The fourth-order valence-corrected chi connectivity index (χ4v) is 3.41. The molecular formula is C21H14IN.